The minimum Gasteiger partial charge on any atom is -0.326 e. The van der Waals surface area contributed by atoms with Crippen LogP contribution < -0.4 is 5.32 Å². The molecule has 20 heavy (non-hydrogen) atoms. The summed E-state index contributed by atoms with van der Waals surface area (Å²) < 4.78 is 15.6. The molecule has 2 atom stereocenters. The molecule has 2 unspecified atom stereocenters. The number of anilines is 1. The highest BCUT2D eigenvalue weighted by Crippen LogP contribution is 2.38. The second kappa shape index (κ2) is 4.74. The van der Waals surface area contributed by atoms with Crippen molar-refractivity contribution in [3.8, 4) is 5.69 Å². The van der Waals surface area contributed by atoms with Gasteiger partial charge in [-0.25, -0.2) is 9.07 Å². The topological polar surface area (TPSA) is 46.9 Å². The molecule has 1 heterocycles. The summed E-state index contributed by atoms with van der Waals surface area (Å²) in [7, 11) is 0. The Labute approximate surface area is 116 Å². The second-order valence-corrected chi connectivity index (χ2v) is 5.44. The predicted molar refractivity (Wildman–Crippen MR) is 74.2 cm³/mol. The third-order valence-corrected chi connectivity index (χ3v) is 3.62. The van der Waals surface area contributed by atoms with Gasteiger partial charge in [0.1, 0.15) is 5.69 Å². The number of aryl methyl sites for hydroxylation is 1. The van der Waals surface area contributed by atoms with Gasteiger partial charge in [0.25, 0.3) is 0 Å². The first-order chi connectivity index (χ1) is 9.54. The standard InChI is InChI=1S/C15H16FN3O/c1-9-7-17-19(8-9)14-4-3-11(6-13(14)16)18-15(20)12-5-10(12)2/h3-4,6-8,10,12H,5H2,1-2H3,(H,18,20). The van der Waals surface area contributed by atoms with E-state index in [0.717, 1.165) is 12.0 Å². The van der Waals surface area contributed by atoms with Crippen LogP contribution in [0.4, 0.5) is 10.1 Å². The average molecular weight is 273 g/mol. The molecule has 1 N–H and O–H groups in total. The number of hydrogen-bond donors (Lipinski definition) is 1. The normalized spacial score (nSPS) is 20.8. The number of amides is 1. The van der Waals surface area contributed by atoms with Gasteiger partial charge in [-0.15, -0.1) is 0 Å². The summed E-state index contributed by atoms with van der Waals surface area (Å²) in [6.07, 6.45) is 4.34. The molecule has 4 nitrogen and oxygen atoms in total. The van der Waals surface area contributed by atoms with Crippen LogP contribution >= 0.6 is 0 Å². The molecule has 1 saturated carbocycles. The molecule has 5 heteroatoms. The molecule has 1 aromatic heterocycles. The predicted octanol–water partition coefficient (Wildman–Crippen LogP) is 2.91. The Bertz CT molecular complexity index is 665. The number of nitrogens with one attached hydrogen (secondary N) is 1. The Hall–Kier alpha value is -2.17. The van der Waals surface area contributed by atoms with Crippen molar-refractivity contribution in [2.24, 2.45) is 11.8 Å². The van der Waals surface area contributed by atoms with Crippen LogP contribution in [0.3, 0.4) is 0 Å². The quantitative estimate of drug-likeness (QED) is 0.934. The van der Waals surface area contributed by atoms with Gasteiger partial charge in [-0.3, -0.25) is 4.79 Å². The van der Waals surface area contributed by atoms with Gasteiger partial charge in [0.2, 0.25) is 5.91 Å². The van der Waals surface area contributed by atoms with E-state index in [1.165, 1.54) is 10.7 Å². The zero-order valence-corrected chi connectivity index (χ0v) is 11.4. The maximum absolute atomic E-state index is 14.1. The minimum absolute atomic E-state index is 0.0282. The molecular weight excluding hydrogens is 257 g/mol. The van der Waals surface area contributed by atoms with Crippen LogP contribution in [0.1, 0.15) is 18.9 Å². The van der Waals surface area contributed by atoms with Crippen LogP contribution in [0.5, 0.6) is 0 Å². The van der Waals surface area contributed by atoms with Crippen LogP contribution in [0.15, 0.2) is 30.6 Å². The lowest BCUT2D eigenvalue weighted by Crippen LogP contribution is -2.14. The Morgan fingerprint density at radius 1 is 1.50 bits per heavy atom. The number of hydrogen-bond acceptors (Lipinski definition) is 2. The molecule has 0 spiro atoms. The van der Waals surface area contributed by atoms with Crippen molar-refractivity contribution in [1.29, 1.82) is 0 Å². The lowest BCUT2D eigenvalue weighted by atomic mass is 10.2. The number of halogens is 1. The first kappa shape index (κ1) is 12.8. The van der Waals surface area contributed by atoms with Crippen LogP contribution in [0.2, 0.25) is 0 Å². The Morgan fingerprint density at radius 3 is 2.80 bits per heavy atom. The molecule has 1 aromatic carbocycles. The molecule has 0 radical (unpaired) electrons. The Morgan fingerprint density at radius 2 is 2.25 bits per heavy atom. The van der Waals surface area contributed by atoms with Gasteiger partial charge in [0.05, 0.1) is 6.20 Å². The largest absolute Gasteiger partial charge is 0.326 e. The maximum atomic E-state index is 14.1. The highest BCUT2D eigenvalue weighted by atomic mass is 19.1. The number of aromatic nitrogens is 2. The van der Waals surface area contributed by atoms with Crippen molar-refractivity contribution in [3.63, 3.8) is 0 Å². The fraction of sp³-hybridized carbons (Fsp3) is 0.333. The summed E-state index contributed by atoms with van der Waals surface area (Å²) in [6.45, 7) is 3.93. The zero-order chi connectivity index (χ0) is 14.3. The SMILES string of the molecule is Cc1cnn(-c2ccc(NC(=O)C3CC3C)cc2F)c1. The van der Waals surface area contributed by atoms with E-state index in [4.69, 9.17) is 0 Å². The molecule has 2 aromatic rings. The molecule has 104 valence electrons. The molecule has 0 saturated heterocycles. The molecule has 1 amide bonds. The highest BCUT2D eigenvalue weighted by molar-refractivity contribution is 5.94. The summed E-state index contributed by atoms with van der Waals surface area (Å²) in [6, 6.07) is 4.64. The van der Waals surface area contributed by atoms with Gasteiger partial charge in [-0.1, -0.05) is 6.92 Å². The van der Waals surface area contributed by atoms with Gasteiger partial charge in [-0.05, 0) is 43.0 Å². The Kier molecular flexibility index (Phi) is 3.04. The van der Waals surface area contributed by atoms with Crippen molar-refractivity contribution in [1.82, 2.24) is 9.78 Å². The van der Waals surface area contributed by atoms with Crippen LogP contribution in [-0.4, -0.2) is 15.7 Å². The number of nitrogens with zero attached hydrogens (tertiary/aromatic N) is 2. The van der Waals surface area contributed by atoms with Gasteiger partial charge < -0.3 is 5.32 Å². The average Bonchev–Trinajstić information content (AvgIpc) is 2.97. The van der Waals surface area contributed by atoms with Crippen molar-refractivity contribution < 1.29 is 9.18 Å². The van der Waals surface area contributed by atoms with Crippen LogP contribution in [0, 0.1) is 24.6 Å². The second-order valence-electron chi connectivity index (χ2n) is 5.44. The number of carbonyl (C=O) groups is 1. The van der Waals surface area contributed by atoms with Crippen molar-refractivity contribution in [2.45, 2.75) is 20.3 Å². The first-order valence-corrected chi connectivity index (χ1v) is 6.66. The summed E-state index contributed by atoms with van der Waals surface area (Å²) in [4.78, 5) is 11.8. The molecule has 0 bridgehead atoms. The third kappa shape index (κ3) is 2.43. The summed E-state index contributed by atoms with van der Waals surface area (Å²) in [5.41, 5.74) is 1.82. The molecule has 1 aliphatic rings. The molecule has 1 fully saturated rings. The fourth-order valence-corrected chi connectivity index (χ4v) is 2.24. The van der Waals surface area contributed by atoms with E-state index in [9.17, 15) is 9.18 Å². The van der Waals surface area contributed by atoms with Crippen LogP contribution in [-0.2, 0) is 4.79 Å². The first-order valence-electron chi connectivity index (χ1n) is 6.66. The molecule has 3 rings (SSSR count). The van der Waals surface area contributed by atoms with E-state index in [0.29, 0.717) is 17.3 Å². The van der Waals surface area contributed by atoms with E-state index in [-0.39, 0.29) is 11.8 Å². The number of benzene rings is 1. The monoisotopic (exact) mass is 273 g/mol. The van der Waals surface area contributed by atoms with Crippen molar-refractivity contribution >= 4 is 11.6 Å². The molecule has 1 aliphatic carbocycles. The maximum Gasteiger partial charge on any atom is 0.227 e. The van der Waals surface area contributed by atoms with Gasteiger partial charge in [0.15, 0.2) is 5.82 Å². The fourth-order valence-electron chi connectivity index (χ4n) is 2.24. The van der Waals surface area contributed by atoms with E-state index < -0.39 is 5.82 Å². The molecule has 0 aliphatic heterocycles. The van der Waals surface area contributed by atoms with Crippen molar-refractivity contribution in [3.05, 3.63) is 42.0 Å². The zero-order valence-electron chi connectivity index (χ0n) is 11.4. The lowest BCUT2D eigenvalue weighted by molar-refractivity contribution is -0.117. The smallest absolute Gasteiger partial charge is 0.227 e. The van der Waals surface area contributed by atoms with Gasteiger partial charge >= 0.3 is 0 Å². The third-order valence-electron chi connectivity index (χ3n) is 3.62. The lowest BCUT2D eigenvalue weighted by Gasteiger charge is -2.08. The van der Waals surface area contributed by atoms with Crippen molar-refractivity contribution in [2.75, 3.05) is 5.32 Å². The van der Waals surface area contributed by atoms with E-state index in [1.807, 2.05) is 13.8 Å². The number of carbonyl (C=O) groups excluding carboxylic acids is 1. The van der Waals surface area contributed by atoms with Gasteiger partial charge in [0, 0.05) is 17.8 Å². The highest BCUT2D eigenvalue weighted by Gasteiger charge is 2.39. The van der Waals surface area contributed by atoms with Gasteiger partial charge in [-0.2, -0.15) is 5.10 Å². The van der Waals surface area contributed by atoms with Crippen LogP contribution in [0.25, 0.3) is 5.69 Å². The summed E-state index contributed by atoms with van der Waals surface area (Å²) in [5.74, 6) is 0.0759. The van der Waals surface area contributed by atoms with E-state index >= 15 is 0 Å². The van der Waals surface area contributed by atoms with E-state index in [1.54, 1.807) is 24.5 Å². The minimum atomic E-state index is -0.408. The van der Waals surface area contributed by atoms with E-state index in [2.05, 4.69) is 10.4 Å². The Balaban J connectivity index is 1.79. The number of rotatable bonds is 3. The summed E-state index contributed by atoms with van der Waals surface area (Å²) >= 11 is 0. The molecular formula is C15H16FN3O. The summed E-state index contributed by atoms with van der Waals surface area (Å²) in [5, 5.41) is 6.83.